The summed E-state index contributed by atoms with van der Waals surface area (Å²) in [4.78, 5) is 22.3. The van der Waals surface area contributed by atoms with E-state index in [0.29, 0.717) is 15.6 Å². The number of hydrogen-bond donors (Lipinski definition) is 1. The number of carbonyl (C=O) groups is 2. The fraction of sp³-hybridized carbons (Fsp3) is 0.120. The molecule has 0 bridgehead atoms. The Labute approximate surface area is 195 Å². The lowest BCUT2D eigenvalue weighted by atomic mass is 10.0. The third-order valence-electron chi connectivity index (χ3n) is 4.85. The lowest BCUT2D eigenvalue weighted by molar-refractivity contribution is -0.134. The maximum absolute atomic E-state index is 13.3. The molecule has 5 nitrogen and oxygen atoms in total. The molecule has 1 N–H and O–H groups in total. The zero-order valence-corrected chi connectivity index (χ0v) is 19.2. The van der Waals surface area contributed by atoms with Gasteiger partial charge in [0.05, 0.1) is 12.6 Å². The van der Waals surface area contributed by atoms with Gasteiger partial charge in [-0.1, -0.05) is 41.4 Å². The molecule has 7 heteroatoms. The van der Waals surface area contributed by atoms with Crippen molar-refractivity contribution >= 4 is 46.0 Å². The van der Waals surface area contributed by atoms with Gasteiger partial charge >= 0.3 is 0 Å². The van der Waals surface area contributed by atoms with Gasteiger partial charge in [0, 0.05) is 44.7 Å². The third kappa shape index (κ3) is 4.79. The summed E-state index contributed by atoms with van der Waals surface area (Å²) >= 11 is 12.5. The smallest absolute Gasteiger partial charge is 0.300 e. The minimum atomic E-state index is -0.833. The maximum atomic E-state index is 13.3. The SMILES string of the molecule is CC(=O)O.COc1ccc2c(c1)c(-c1ccccc1Cl)c(C)n2C(=O)c1ccc(Cl)cc1. The highest BCUT2D eigenvalue weighted by Crippen LogP contribution is 2.39. The van der Waals surface area contributed by atoms with Crippen LogP contribution in [0.15, 0.2) is 66.7 Å². The van der Waals surface area contributed by atoms with Crippen molar-refractivity contribution in [3.8, 4) is 16.9 Å². The van der Waals surface area contributed by atoms with Gasteiger partial charge in [-0.15, -0.1) is 0 Å². The molecule has 4 aromatic rings. The van der Waals surface area contributed by atoms with Crippen LogP contribution in [0.25, 0.3) is 22.0 Å². The standard InChI is InChI=1S/C23H17Cl2NO2.C2H4O2/c1-14-22(18-5-3-4-6-20(18)25)19-13-17(28-2)11-12-21(19)26(14)23(27)15-7-9-16(24)10-8-15;1-2(3)4/h3-13H,1-2H3;1H3,(H,3,4). The molecule has 0 unspecified atom stereocenters. The van der Waals surface area contributed by atoms with E-state index in [4.69, 9.17) is 37.8 Å². The molecule has 0 spiro atoms. The van der Waals surface area contributed by atoms with Gasteiger partial charge in [0.25, 0.3) is 11.9 Å². The molecule has 164 valence electrons. The maximum Gasteiger partial charge on any atom is 0.300 e. The van der Waals surface area contributed by atoms with Gasteiger partial charge in [-0.2, -0.15) is 0 Å². The van der Waals surface area contributed by atoms with Crippen LogP contribution in [0.1, 0.15) is 23.0 Å². The van der Waals surface area contributed by atoms with Gasteiger partial charge in [0.2, 0.25) is 0 Å². The number of carbonyl (C=O) groups excluding carboxylic acids is 1. The molecule has 3 aromatic carbocycles. The number of rotatable bonds is 3. The summed E-state index contributed by atoms with van der Waals surface area (Å²) in [7, 11) is 1.62. The lowest BCUT2D eigenvalue weighted by Gasteiger charge is -2.08. The summed E-state index contributed by atoms with van der Waals surface area (Å²) in [6.07, 6.45) is 0. The van der Waals surface area contributed by atoms with Crippen LogP contribution in [0.2, 0.25) is 10.0 Å². The van der Waals surface area contributed by atoms with Gasteiger partial charge in [-0.05, 0) is 55.5 Å². The van der Waals surface area contributed by atoms with Gasteiger partial charge in [-0.25, -0.2) is 0 Å². The van der Waals surface area contributed by atoms with E-state index in [-0.39, 0.29) is 5.91 Å². The minimum absolute atomic E-state index is 0.123. The highest BCUT2D eigenvalue weighted by Gasteiger charge is 2.22. The van der Waals surface area contributed by atoms with E-state index in [2.05, 4.69) is 0 Å². The molecule has 0 aliphatic carbocycles. The molecule has 0 radical (unpaired) electrons. The Kier molecular flexibility index (Phi) is 7.23. The normalized spacial score (nSPS) is 10.4. The number of carboxylic acids is 1. The fourth-order valence-corrected chi connectivity index (χ4v) is 3.87. The summed E-state index contributed by atoms with van der Waals surface area (Å²) in [5, 5.41) is 9.55. The molecule has 0 saturated carbocycles. The predicted octanol–water partition coefficient (Wildman–Crippen LogP) is 6.71. The van der Waals surface area contributed by atoms with Crippen LogP contribution in [-0.4, -0.2) is 28.7 Å². The van der Waals surface area contributed by atoms with Crippen LogP contribution in [0, 0.1) is 6.92 Å². The van der Waals surface area contributed by atoms with Crippen molar-refractivity contribution in [3.63, 3.8) is 0 Å². The zero-order chi connectivity index (χ0) is 23.4. The van der Waals surface area contributed by atoms with E-state index in [1.807, 2.05) is 49.4 Å². The Morgan fingerprint density at radius 1 is 0.969 bits per heavy atom. The van der Waals surface area contributed by atoms with Crippen LogP contribution in [0.5, 0.6) is 5.75 Å². The lowest BCUT2D eigenvalue weighted by Crippen LogP contribution is -2.13. The first-order valence-corrected chi connectivity index (χ1v) is 10.4. The Hall–Kier alpha value is -3.28. The molecule has 1 heterocycles. The topological polar surface area (TPSA) is 68.5 Å². The van der Waals surface area contributed by atoms with Crippen LogP contribution in [0.3, 0.4) is 0 Å². The molecule has 0 aliphatic heterocycles. The number of methoxy groups -OCH3 is 1. The molecule has 0 saturated heterocycles. The molecular weight excluding hydrogens is 449 g/mol. The second kappa shape index (κ2) is 9.90. The Morgan fingerprint density at radius 3 is 2.19 bits per heavy atom. The van der Waals surface area contributed by atoms with E-state index < -0.39 is 5.97 Å². The number of nitrogens with zero attached hydrogens (tertiary/aromatic N) is 1. The number of aliphatic carboxylic acids is 1. The van der Waals surface area contributed by atoms with Gasteiger partial charge in [0.1, 0.15) is 5.75 Å². The summed E-state index contributed by atoms with van der Waals surface area (Å²) in [5.41, 5.74) is 3.97. The summed E-state index contributed by atoms with van der Waals surface area (Å²) in [6, 6.07) is 20.2. The van der Waals surface area contributed by atoms with Crippen LogP contribution < -0.4 is 4.74 Å². The quantitative estimate of drug-likeness (QED) is 0.361. The highest BCUT2D eigenvalue weighted by molar-refractivity contribution is 6.34. The van der Waals surface area contributed by atoms with Gasteiger partial charge < -0.3 is 9.84 Å². The van der Waals surface area contributed by atoms with Crippen LogP contribution in [-0.2, 0) is 4.79 Å². The van der Waals surface area contributed by atoms with E-state index in [1.54, 1.807) is 35.9 Å². The monoisotopic (exact) mass is 469 g/mol. The predicted molar refractivity (Wildman–Crippen MR) is 128 cm³/mol. The van der Waals surface area contributed by atoms with Crippen LogP contribution in [0.4, 0.5) is 0 Å². The summed E-state index contributed by atoms with van der Waals surface area (Å²) < 4.78 is 7.13. The fourth-order valence-electron chi connectivity index (χ4n) is 3.51. The van der Waals surface area contributed by atoms with Crippen LogP contribution >= 0.6 is 23.2 Å². The first-order chi connectivity index (χ1) is 15.2. The largest absolute Gasteiger partial charge is 0.497 e. The molecule has 0 fully saturated rings. The molecule has 0 amide bonds. The number of carboxylic acid groups (broad SMARTS) is 1. The highest BCUT2D eigenvalue weighted by atomic mass is 35.5. The molecule has 4 rings (SSSR count). The first kappa shape index (κ1) is 23.4. The third-order valence-corrected chi connectivity index (χ3v) is 5.43. The number of halogens is 2. The van der Waals surface area contributed by atoms with Crippen molar-refractivity contribution in [1.29, 1.82) is 0 Å². The van der Waals surface area contributed by atoms with Gasteiger partial charge in [0.15, 0.2) is 0 Å². The number of ether oxygens (including phenoxy) is 1. The molecule has 0 atom stereocenters. The van der Waals surface area contributed by atoms with E-state index in [0.717, 1.165) is 40.4 Å². The van der Waals surface area contributed by atoms with E-state index >= 15 is 0 Å². The Morgan fingerprint density at radius 2 is 1.59 bits per heavy atom. The van der Waals surface area contributed by atoms with Crippen molar-refractivity contribution in [3.05, 3.63) is 88.0 Å². The van der Waals surface area contributed by atoms with Crippen molar-refractivity contribution in [2.24, 2.45) is 0 Å². The van der Waals surface area contributed by atoms with E-state index in [9.17, 15) is 4.79 Å². The average molecular weight is 470 g/mol. The Balaban J connectivity index is 0.000000668. The summed E-state index contributed by atoms with van der Waals surface area (Å²) in [6.45, 7) is 3.01. The molecular formula is C25H21Cl2NO4. The van der Waals surface area contributed by atoms with Crippen molar-refractivity contribution < 1.29 is 19.4 Å². The van der Waals surface area contributed by atoms with E-state index in [1.165, 1.54) is 0 Å². The number of aromatic nitrogens is 1. The zero-order valence-electron chi connectivity index (χ0n) is 17.7. The molecule has 0 aliphatic rings. The first-order valence-electron chi connectivity index (χ1n) is 9.68. The molecule has 1 aromatic heterocycles. The number of fused-ring (bicyclic) bond motifs is 1. The Bertz CT molecular complexity index is 1290. The van der Waals surface area contributed by atoms with Crippen molar-refractivity contribution in [2.45, 2.75) is 13.8 Å². The average Bonchev–Trinajstić information content (AvgIpc) is 3.04. The number of hydrogen-bond acceptors (Lipinski definition) is 3. The number of benzene rings is 3. The van der Waals surface area contributed by atoms with Crippen molar-refractivity contribution in [1.82, 2.24) is 4.57 Å². The van der Waals surface area contributed by atoms with Gasteiger partial charge in [-0.3, -0.25) is 14.2 Å². The minimum Gasteiger partial charge on any atom is -0.497 e. The van der Waals surface area contributed by atoms with Crippen molar-refractivity contribution in [2.75, 3.05) is 7.11 Å². The second-order valence-electron chi connectivity index (χ2n) is 6.99. The second-order valence-corrected chi connectivity index (χ2v) is 7.83. The summed E-state index contributed by atoms with van der Waals surface area (Å²) in [5.74, 6) is -0.237. The molecule has 32 heavy (non-hydrogen) atoms.